The van der Waals surface area contributed by atoms with E-state index in [0.717, 1.165) is 19.4 Å². The highest BCUT2D eigenvalue weighted by atomic mass is 16.5. The van der Waals surface area contributed by atoms with Crippen molar-refractivity contribution in [2.24, 2.45) is 5.10 Å². The molecule has 0 spiro atoms. The van der Waals surface area contributed by atoms with Gasteiger partial charge in [0.1, 0.15) is 0 Å². The van der Waals surface area contributed by atoms with Gasteiger partial charge in [-0.2, -0.15) is 5.10 Å². The van der Waals surface area contributed by atoms with Gasteiger partial charge in [0.15, 0.2) is 0 Å². The van der Waals surface area contributed by atoms with Gasteiger partial charge in [0, 0.05) is 25.8 Å². The summed E-state index contributed by atoms with van der Waals surface area (Å²) in [5.41, 5.74) is 1.30. The van der Waals surface area contributed by atoms with Crippen LogP contribution in [-0.4, -0.2) is 36.5 Å². The number of hydrogen-bond acceptors (Lipinski definition) is 3. The van der Waals surface area contributed by atoms with Gasteiger partial charge in [-0.1, -0.05) is 6.92 Å². The van der Waals surface area contributed by atoms with Gasteiger partial charge < -0.3 is 4.74 Å². The minimum atomic E-state index is 0.384. The zero-order valence-electron chi connectivity index (χ0n) is 8.49. The van der Waals surface area contributed by atoms with Crippen LogP contribution < -0.4 is 0 Å². The summed E-state index contributed by atoms with van der Waals surface area (Å²) in [7, 11) is 1.82. The Morgan fingerprint density at radius 3 is 3.15 bits per heavy atom. The van der Waals surface area contributed by atoms with Crippen molar-refractivity contribution in [2.45, 2.75) is 44.8 Å². The molecule has 0 aromatic rings. The Hall–Kier alpha value is -0.570. The summed E-state index contributed by atoms with van der Waals surface area (Å²) in [6.07, 6.45) is 5.00. The van der Waals surface area contributed by atoms with Gasteiger partial charge in [0.05, 0.1) is 12.1 Å². The van der Waals surface area contributed by atoms with E-state index in [9.17, 15) is 0 Å². The predicted octanol–water partition coefficient (Wildman–Crippen LogP) is 1.64. The average Bonchev–Trinajstić information content (AvgIpc) is 2.63. The van der Waals surface area contributed by atoms with E-state index in [1.165, 1.54) is 18.6 Å². The Kier molecular flexibility index (Phi) is 2.54. The molecule has 3 heteroatoms. The topological polar surface area (TPSA) is 24.8 Å². The number of hydrogen-bond donors (Lipinski definition) is 0. The fourth-order valence-electron chi connectivity index (χ4n) is 2.33. The molecule has 2 rings (SSSR count). The van der Waals surface area contributed by atoms with Crippen molar-refractivity contribution < 1.29 is 4.74 Å². The number of ether oxygens (including phenoxy) is 1. The van der Waals surface area contributed by atoms with Crippen molar-refractivity contribution >= 4 is 5.71 Å². The summed E-state index contributed by atoms with van der Waals surface area (Å²) in [4.78, 5) is 0. The van der Waals surface area contributed by atoms with Crippen LogP contribution in [0.15, 0.2) is 5.10 Å². The highest BCUT2D eigenvalue weighted by Gasteiger charge is 2.35. The number of rotatable bonds is 2. The largest absolute Gasteiger partial charge is 0.379 e. The number of hydrazone groups is 1. The Labute approximate surface area is 79.8 Å². The zero-order chi connectivity index (χ0) is 9.26. The molecule has 2 aliphatic heterocycles. The van der Waals surface area contributed by atoms with Gasteiger partial charge in [0.2, 0.25) is 0 Å². The van der Waals surface area contributed by atoms with E-state index in [2.05, 4.69) is 17.0 Å². The highest BCUT2D eigenvalue weighted by molar-refractivity contribution is 5.85. The van der Waals surface area contributed by atoms with Crippen molar-refractivity contribution in [3.8, 4) is 0 Å². The van der Waals surface area contributed by atoms with Crippen LogP contribution in [0, 0.1) is 0 Å². The molecule has 0 radical (unpaired) electrons. The van der Waals surface area contributed by atoms with Crippen LogP contribution in [0.1, 0.15) is 32.6 Å². The smallest absolute Gasteiger partial charge is 0.0843 e. The summed E-state index contributed by atoms with van der Waals surface area (Å²) in [5, 5.41) is 6.86. The fraction of sp³-hybridized carbons (Fsp3) is 0.900. The lowest BCUT2D eigenvalue weighted by Crippen LogP contribution is -2.42. The average molecular weight is 182 g/mol. The van der Waals surface area contributed by atoms with Gasteiger partial charge in [-0.15, -0.1) is 0 Å². The van der Waals surface area contributed by atoms with Gasteiger partial charge in [-0.25, -0.2) is 0 Å². The van der Waals surface area contributed by atoms with Crippen LogP contribution in [0.25, 0.3) is 0 Å². The van der Waals surface area contributed by atoms with E-state index in [1.54, 1.807) is 0 Å². The molecule has 2 atom stereocenters. The lowest BCUT2D eigenvalue weighted by atomic mass is 10.0. The molecule has 1 fully saturated rings. The molecule has 0 amide bonds. The van der Waals surface area contributed by atoms with Crippen LogP contribution in [0.2, 0.25) is 0 Å². The van der Waals surface area contributed by atoms with Crippen LogP contribution in [0.4, 0.5) is 0 Å². The fourth-order valence-corrected chi connectivity index (χ4v) is 2.33. The van der Waals surface area contributed by atoms with Gasteiger partial charge in [0.25, 0.3) is 0 Å². The summed E-state index contributed by atoms with van der Waals surface area (Å²) in [5.74, 6) is 0. The maximum absolute atomic E-state index is 5.51. The first-order valence-corrected chi connectivity index (χ1v) is 5.21. The second-order valence-corrected chi connectivity index (χ2v) is 3.87. The van der Waals surface area contributed by atoms with Crippen LogP contribution in [0.3, 0.4) is 0 Å². The summed E-state index contributed by atoms with van der Waals surface area (Å²) < 4.78 is 5.51. The Morgan fingerprint density at radius 1 is 1.62 bits per heavy atom. The van der Waals surface area contributed by atoms with Crippen molar-refractivity contribution in [1.29, 1.82) is 0 Å². The van der Waals surface area contributed by atoms with E-state index < -0.39 is 0 Å². The molecule has 13 heavy (non-hydrogen) atoms. The lowest BCUT2D eigenvalue weighted by Gasteiger charge is -2.34. The molecule has 74 valence electrons. The second-order valence-electron chi connectivity index (χ2n) is 3.87. The van der Waals surface area contributed by atoms with Crippen molar-refractivity contribution in [2.75, 3.05) is 13.7 Å². The second kappa shape index (κ2) is 3.66. The third kappa shape index (κ3) is 1.57. The van der Waals surface area contributed by atoms with Gasteiger partial charge in [-0.3, -0.25) is 5.01 Å². The first kappa shape index (κ1) is 9.00. The molecule has 3 nitrogen and oxygen atoms in total. The summed E-state index contributed by atoms with van der Waals surface area (Å²) in [6, 6.07) is 0.556. The number of fused-ring (bicyclic) bond motifs is 1. The van der Waals surface area contributed by atoms with E-state index in [4.69, 9.17) is 4.74 Å². The van der Waals surface area contributed by atoms with Crippen molar-refractivity contribution in [3.63, 3.8) is 0 Å². The predicted molar refractivity (Wildman–Crippen MR) is 52.9 cm³/mol. The number of nitrogens with zero attached hydrogens (tertiary/aromatic N) is 2. The first-order chi connectivity index (χ1) is 6.35. The van der Waals surface area contributed by atoms with E-state index in [1.807, 2.05) is 7.11 Å². The lowest BCUT2D eigenvalue weighted by molar-refractivity contribution is 0.0275. The molecule has 0 aromatic carbocycles. The minimum absolute atomic E-state index is 0.384. The Balaban J connectivity index is 2.14. The molecule has 2 heterocycles. The molecule has 0 aliphatic carbocycles. The quantitative estimate of drug-likeness (QED) is 0.648. The maximum Gasteiger partial charge on any atom is 0.0843 e. The molecule has 0 saturated carbocycles. The van der Waals surface area contributed by atoms with Crippen LogP contribution in [-0.2, 0) is 4.74 Å². The summed E-state index contributed by atoms with van der Waals surface area (Å²) >= 11 is 0. The van der Waals surface area contributed by atoms with Gasteiger partial charge >= 0.3 is 0 Å². The molecule has 1 unspecified atom stereocenters. The van der Waals surface area contributed by atoms with E-state index >= 15 is 0 Å². The van der Waals surface area contributed by atoms with Gasteiger partial charge in [-0.05, 0) is 19.3 Å². The third-order valence-electron chi connectivity index (χ3n) is 3.12. The van der Waals surface area contributed by atoms with Crippen LogP contribution in [0.5, 0.6) is 0 Å². The first-order valence-electron chi connectivity index (χ1n) is 5.21. The Morgan fingerprint density at radius 2 is 2.46 bits per heavy atom. The SMILES string of the molecule is CCC1=NN2CCC[C@H]2C(OC)C1. The molecular weight excluding hydrogens is 164 g/mol. The minimum Gasteiger partial charge on any atom is -0.379 e. The molecule has 2 aliphatic rings. The standard InChI is InChI=1S/C10H18N2O/c1-3-8-7-10(13-2)9-5-4-6-12(9)11-8/h9-10H,3-7H2,1-2H3/t9-,10?/m0/s1. The van der Waals surface area contributed by atoms with Crippen molar-refractivity contribution in [1.82, 2.24) is 5.01 Å². The Bertz CT molecular complexity index is 215. The molecule has 0 aromatic heterocycles. The maximum atomic E-state index is 5.51. The summed E-state index contributed by atoms with van der Waals surface area (Å²) in [6.45, 7) is 3.29. The molecule has 0 N–H and O–H groups in total. The van der Waals surface area contributed by atoms with Crippen molar-refractivity contribution in [3.05, 3.63) is 0 Å². The normalized spacial score (nSPS) is 33.1. The molecule has 1 saturated heterocycles. The van der Waals surface area contributed by atoms with Crippen LogP contribution >= 0.6 is 0 Å². The monoisotopic (exact) mass is 182 g/mol. The van der Waals surface area contributed by atoms with E-state index in [-0.39, 0.29) is 0 Å². The molecular formula is C10H18N2O. The number of methoxy groups -OCH3 is 1. The highest BCUT2D eigenvalue weighted by Crippen LogP contribution is 2.28. The third-order valence-corrected chi connectivity index (χ3v) is 3.12. The zero-order valence-corrected chi connectivity index (χ0v) is 8.49. The molecule has 0 bridgehead atoms. The van der Waals surface area contributed by atoms with E-state index in [0.29, 0.717) is 12.1 Å².